The summed E-state index contributed by atoms with van der Waals surface area (Å²) in [5.74, 6) is 4.63. The third-order valence-electron chi connectivity index (χ3n) is 8.81. The van der Waals surface area contributed by atoms with Crippen molar-refractivity contribution >= 4 is 45.9 Å². The molecule has 0 unspecified atom stereocenters. The van der Waals surface area contributed by atoms with Crippen molar-refractivity contribution in [1.29, 1.82) is 0 Å². The lowest BCUT2D eigenvalue weighted by Gasteiger charge is -2.14. The molecule has 15 heteroatoms. The van der Waals surface area contributed by atoms with Crippen LogP contribution >= 0.6 is 0 Å². The molecule has 0 saturated heterocycles. The van der Waals surface area contributed by atoms with Gasteiger partial charge in [-0.3, -0.25) is 10.1 Å². The van der Waals surface area contributed by atoms with Crippen molar-refractivity contribution in [1.82, 2.24) is 25.1 Å². The Hall–Kier alpha value is -6.99. The molecule has 2 heterocycles. The number of urea groups is 1. The van der Waals surface area contributed by atoms with E-state index in [1.165, 1.54) is 0 Å². The molecular weight excluding hydrogens is 753 g/mol. The summed E-state index contributed by atoms with van der Waals surface area (Å²) in [5, 5.41) is 18.1. The van der Waals surface area contributed by atoms with E-state index in [9.17, 15) is 9.59 Å². The van der Waals surface area contributed by atoms with E-state index in [1.807, 2.05) is 68.4 Å². The second kappa shape index (κ2) is 20.4. The molecule has 4 aromatic carbocycles. The molecule has 2 aromatic heterocycles. The van der Waals surface area contributed by atoms with Crippen molar-refractivity contribution in [3.8, 4) is 35.4 Å². The molecule has 15 nitrogen and oxygen atoms in total. The molecule has 0 atom stereocenters. The highest BCUT2D eigenvalue weighted by Gasteiger charge is 2.17. The maximum absolute atomic E-state index is 13.5. The standard InChI is InChI=1S/C44H46N8O7/c1-6-30-25-31(42(53)45-19-20-57-23-24-58-22-21-55-4)27-32(26-30)47-43-46-18-17-41(50-43)59-39-16-15-37(35-9-7-8-10-36(35)39)48-44(54)49-40-28-38(29(2)3)51-52(40)33-11-13-34(56-5)14-12-33/h1,7-18,25-29H,19-24H2,2-5H3,(H,45,53)(H,46,47,50)(H2,48,49,54). The first kappa shape index (κ1) is 41.6. The molecule has 59 heavy (non-hydrogen) atoms. The Morgan fingerprint density at radius 1 is 0.847 bits per heavy atom. The minimum atomic E-state index is -0.445. The Morgan fingerprint density at radius 2 is 1.61 bits per heavy atom. The highest BCUT2D eigenvalue weighted by molar-refractivity contribution is 6.07. The van der Waals surface area contributed by atoms with E-state index in [4.69, 9.17) is 35.2 Å². The monoisotopic (exact) mass is 798 g/mol. The summed E-state index contributed by atoms with van der Waals surface area (Å²) in [7, 11) is 3.22. The fraction of sp³-hybridized carbons (Fsp3) is 0.250. The first-order chi connectivity index (χ1) is 28.7. The molecule has 3 amide bonds. The van der Waals surface area contributed by atoms with E-state index in [0.29, 0.717) is 79.4 Å². The number of methoxy groups -OCH3 is 2. The number of ether oxygens (including phenoxy) is 5. The zero-order chi connectivity index (χ0) is 41.6. The first-order valence-electron chi connectivity index (χ1n) is 18.9. The second-order valence-electron chi connectivity index (χ2n) is 13.3. The van der Waals surface area contributed by atoms with Crippen LogP contribution in [0.3, 0.4) is 0 Å². The first-order valence-corrected chi connectivity index (χ1v) is 18.9. The molecule has 6 rings (SSSR count). The summed E-state index contributed by atoms with van der Waals surface area (Å²) in [6.07, 6.45) is 7.27. The highest BCUT2D eigenvalue weighted by Crippen LogP contribution is 2.34. The van der Waals surface area contributed by atoms with Gasteiger partial charge in [-0.1, -0.05) is 44.0 Å². The molecule has 304 valence electrons. The summed E-state index contributed by atoms with van der Waals surface area (Å²) < 4.78 is 29.1. The van der Waals surface area contributed by atoms with Gasteiger partial charge in [-0.2, -0.15) is 10.1 Å². The van der Waals surface area contributed by atoms with Crippen molar-refractivity contribution in [3.05, 3.63) is 114 Å². The van der Waals surface area contributed by atoms with Crippen molar-refractivity contribution in [3.63, 3.8) is 0 Å². The van der Waals surface area contributed by atoms with Gasteiger partial charge in [0.1, 0.15) is 17.3 Å². The van der Waals surface area contributed by atoms with E-state index >= 15 is 0 Å². The molecule has 0 saturated carbocycles. The number of amides is 3. The lowest BCUT2D eigenvalue weighted by Crippen LogP contribution is -2.27. The summed E-state index contributed by atoms with van der Waals surface area (Å²) >= 11 is 0. The van der Waals surface area contributed by atoms with Crippen LogP contribution in [0.1, 0.15) is 41.4 Å². The third kappa shape index (κ3) is 11.3. The normalized spacial score (nSPS) is 10.9. The van der Waals surface area contributed by atoms with Gasteiger partial charge in [0.05, 0.1) is 57.2 Å². The average Bonchev–Trinajstić information content (AvgIpc) is 3.67. The van der Waals surface area contributed by atoms with Gasteiger partial charge in [-0.05, 0) is 60.5 Å². The molecular formula is C44H46N8O7. The number of anilines is 4. The van der Waals surface area contributed by atoms with Crippen LogP contribution in [-0.4, -0.2) is 85.5 Å². The number of hydrogen-bond donors (Lipinski definition) is 4. The van der Waals surface area contributed by atoms with Crippen LogP contribution < -0.4 is 30.7 Å². The number of aromatic nitrogens is 4. The van der Waals surface area contributed by atoms with Crippen LogP contribution in [0.15, 0.2) is 97.2 Å². The summed E-state index contributed by atoms with van der Waals surface area (Å²) in [4.78, 5) is 35.4. The van der Waals surface area contributed by atoms with Crippen molar-refractivity contribution < 1.29 is 33.3 Å². The zero-order valence-corrected chi connectivity index (χ0v) is 33.3. The molecule has 0 aliphatic heterocycles. The predicted molar refractivity (Wildman–Crippen MR) is 226 cm³/mol. The molecule has 0 fully saturated rings. The maximum Gasteiger partial charge on any atom is 0.324 e. The molecule has 0 radical (unpaired) electrons. The van der Waals surface area contributed by atoms with Crippen LogP contribution in [0.25, 0.3) is 16.5 Å². The van der Waals surface area contributed by atoms with Crippen LogP contribution in [0.4, 0.5) is 27.9 Å². The van der Waals surface area contributed by atoms with E-state index in [2.05, 4.69) is 37.2 Å². The van der Waals surface area contributed by atoms with E-state index in [1.54, 1.807) is 61.5 Å². The number of benzene rings is 4. The molecule has 0 aliphatic rings. The van der Waals surface area contributed by atoms with Crippen LogP contribution in [0.5, 0.6) is 17.4 Å². The van der Waals surface area contributed by atoms with Gasteiger partial charge in [0.15, 0.2) is 0 Å². The highest BCUT2D eigenvalue weighted by atomic mass is 16.5. The lowest BCUT2D eigenvalue weighted by molar-refractivity contribution is 0.0255. The smallest absolute Gasteiger partial charge is 0.324 e. The summed E-state index contributed by atoms with van der Waals surface area (Å²) in [6.45, 7) is 6.57. The third-order valence-corrected chi connectivity index (χ3v) is 8.81. The second-order valence-corrected chi connectivity index (χ2v) is 13.3. The number of nitrogens with one attached hydrogen (secondary N) is 4. The van der Waals surface area contributed by atoms with E-state index in [-0.39, 0.29) is 23.7 Å². The number of hydrogen-bond acceptors (Lipinski definition) is 11. The Bertz CT molecular complexity index is 2410. The molecule has 0 spiro atoms. The van der Waals surface area contributed by atoms with Gasteiger partial charge in [-0.25, -0.2) is 14.5 Å². The van der Waals surface area contributed by atoms with E-state index in [0.717, 1.165) is 22.2 Å². The maximum atomic E-state index is 13.5. The van der Waals surface area contributed by atoms with Gasteiger partial charge in [-0.15, -0.1) is 6.42 Å². The van der Waals surface area contributed by atoms with Crippen LogP contribution in [0, 0.1) is 12.3 Å². The van der Waals surface area contributed by atoms with E-state index < -0.39 is 6.03 Å². The van der Waals surface area contributed by atoms with Gasteiger partial charge < -0.3 is 39.6 Å². The van der Waals surface area contributed by atoms with Gasteiger partial charge >= 0.3 is 6.03 Å². The molecule has 4 N–H and O–H groups in total. The number of nitrogens with zero attached hydrogens (tertiary/aromatic N) is 4. The Balaban J connectivity index is 1.11. The number of fused-ring (bicyclic) bond motifs is 1. The van der Waals surface area contributed by atoms with Crippen molar-refractivity contribution in [2.24, 2.45) is 0 Å². The summed E-state index contributed by atoms with van der Waals surface area (Å²) in [6, 6.07) is 26.5. The number of rotatable bonds is 19. The Morgan fingerprint density at radius 3 is 2.36 bits per heavy atom. The van der Waals surface area contributed by atoms with Crippen molar-refractivity contribution in [2.75, 3.05) is 69.7 Å². The molecule has 6 aromatic rings. The number of carbonyl (C=O) groups is 2. The minimum absolute atomic E-state index is 0.141. The van der Waals surface area contributed by atoms with Gasteiger partial charge in [0, 0.05) is 59.6 Å². The Kier molecular flexibility index (Phi) is 14.4. The van der Waals surface area contributed by atoms with Crippen LogP contribution in [0.2, 0.25) is 0 Å². The van der Waals surface area contributed by atoms with Crippen molar-refractivity contribution in [2.45, 2.75) is 19.8 Å². The zero-order valence-electron chi connectivity index (χ0n) is 33.3. The van der Waals surface area contributed by atoms with Gasteiger partial charge in [0.25, 0.3) is 5.91 Å². The largest absolute Gasteiger partial charge is 0.497 e. The van der Waals surface area contributed by atoms with Crippen LogP contribution in [-0.2, 0) is 14.2 Å². The number of terminal acetylenes is 1. The quantitative estimate of drug-likeness (QED) is 0.0472. The SMILES string of the molecule is C#Cc1cc(Nc2nccc(Oc3ccc(NC(=O)Nc4cc(C(C)C)nn4-c4ccc(OC)cc4)c4ccccc34)n2)cc(C(=O)NCCOCCOCCOC)c1. The lowest BCUT2D eigenvalue weighted by atomic mass is 10.1. The molecule has 0 aliphatic carbocycles. The Labute approximate surface area is 342 Å². The number of carbonyl (C=O) groups excluding carboxylic acids is 2. The van der Waals surface area contributed by atoms with Gasteiger partial charge in [0.2, 0.25) is 11.8 Å². The predicted octanol–water partition coefficient (Wildman–Crippen LogP) is 7.52. The minimum Gasteiger partial charge on any atom is -0.497 e. The fourth-order valence-electron chi connectivity index (χ4n) is 5.85. The average molecular weight is 799 g/mol. The molecule has 0 bridgehead atoms. The topological polar surface area (TPSA) is 172 Å². The fourth-order valence-corrected chi connectivity index (χ4v) is 5.85. The summed E-state index contributed by atoms with van der Waals surface area (Å²) in [5.41, 5.74) is 3.53.